The van der Waals surface area contributed by atoms with Crippen LogP contribution in [0.1, 0.15) is 24.1 Å². The van der Waals surface area contributed by atoms with Gasteiger partial charge in [0.05, 0.1) is 40.3 Å². The number of aryl methyl sites for hydroxylation is 1. The van der Waals surface area contributed by atoms with Gasteiger partial charge < -0.3 is 9.30 Å². The predicted octanol–water partition coefficient (Wildman–Crippen LogP) is 4.10. The molecule has 1 fully saturated rings. The van der Waals surface area contributed by atoms with Crippen molar-refractivity contribution >= 4 is 32.5 Å². The van der Waals surface area contributed by atoms with Gasteiger partial charge in [-0.15, -0.1) is 0 Å². The lowest BCUT2D eigenvalue weighted by molar-refractivity contribution is 0.0958. The van der Waals surface area contributed by atoms with Crippen LogP contribution in [0.5, 0.6) is 0 Å². The molecular formula is C26H24N4O3S. The Kier molecular flexibility index (Phi) is 5.19. The van der Waals surface area contributed by atoms with E-state index in [1.54, 1.807) is 15.3 Å². The topological polar surface area (TPSA) is 71.0 Å². The minimum absolute atomic E-state index is 0.00624. The number of hydrogen-bond donors (Lipinski definition) is 0. The second kappa shape index (κ2) is 8.38. The van der Waals surface area contributed by atoms with Crippen LogP contribution in [0.4, 0.5) is 0 Å². The third kappa shape index (κ3) is 3.50. The Morgan fingerprint density at radius 1 is 1.09 bits per heavy atom. The van der Waals surface area contributed by atoms with E-state index in [0.717, 1.165) is 35.2 Å². The fraction of sp³-hybridized carbons (Fsp3) is 0.269. The second-order valence-electron chi connectivity index (χ2n) is 8.70. The van der Waals surface area contributed by atoms with Gasteiger partial charge >= 0.3 is 0 Å². The Bertz CT molecular complexity index is 1590. The first-order valence-corrected chi connectivity index (χ1v) is 12.3. The van der Waals surface area contributed by atoms with Crippen molar-refractivity contribution in [3.8, 4) is 5.13 Å². The van der Waals surface area contributed by atoms with Crippen LogP contribution in [0.3, 0.4) is 0 Å². The summed E-state index contributed by atoms with van der Waals surface area (Å²) in [6, 6.07) is 19.4. The van der Waals surface area contributed by atoms with Crippen molar-refractivity contribution in [1.29, 1.82) is 0 Å². The molecule has 1 saturated heterocycles. The van der Waals surface area contributed by atoms with E-state index >= 15 is 0 Å². The molecule has 0 saturated carbocycles. The largest absolute Gasteiger partial charge is 0.376 e. The Morgan fingerprint density at radius 2 is 1.88 bits per heavy atom. The highest BCUT2D eigenvalue weighted by Gasteiger charge is 2.24. The zero-order valence-corrected chi connectivity index (χ0v) is 19.6. The number of benzene rings is 2. The number of aromatic nitrogens is 4. The van der Waals surface area contributed by atoms with Crippen molar-refractivity contribution in [2.75, 3.05) is 6.61 Å². The van der Waals surface area contributed by atoms with Crippen molar-refractivity contribution in [3.63, 3.8) is 0 Å². The van der Waals surface area contributed by atoms with E-state index in [2.05, 4.69) is 0 Å². The van der Waals surface area contributed by atoms with Gasteiger partial charge in [0.15, 0.2) is 0 Å². The maximum Gasteiger partial charge on any atom is 0.283 e. The molecule has 6 rings (SSSR count). The van der Waals surface area contributed by atoms with Crippen LogP contribution < -0.4 is 11.1 Å². The molecule has 0 radical (unpaired) electrons. The lowest BCUT2D eigenvalue weighted by Crippen LogP contribution is -2.28. The average Bonchev–Trinajstić information content (AvgIpc) is 3.56. The van der Waals surface area contributed by atoms with E-state index < -0.39 is 0 Å². The highest BCUT2D eigenvalue weighted by Crippen LogP contribution is 2.26. The highest BCUT2D eigenvalue weighted by atomic mass is 32.1. The zero-order valence-electron chi connectivity index (χ0n) is 18.8. The summed E-state index contributed by atoms with van der Waals surface area (Å²) >= 11 is 1.47. The molecule has 172 valence electrons. The zero-order chi connectivity index (χ0) is 23.2. The quantitative estimate of drug-likeness (QED) is 0.386. The van der Waals surface area contributed by atoms with Crippen LogP contribution in [-0.2, 0) is 17.8 Å². The molecule has 2 aromatic carbocycles. The molecule has 4 heterocycles. The fourth-order valence-electron chi connectivity index (χ4n) is 4.82. The summed E-state index contributed by atoms with van der Waals surface area (Å²) in [7, 11) is 0. The first-order valence-electron chi connectivity index (χ1n) is 11.5. The summed E-state index contributed by atoms with van der Waals surface area (Å²) in [6.45, 7) is 3.49. The molecule has 0 N–H and O–H groups in total. The average molecular weight is 473 g/mol. The smallest absolute Gasteiger partial charge is 0.283 e. The Hall–Kier alpha value is -3.49. The minimum Gasteiger partial charge on any atom is -0.376 e. The first kappa shape index (κ1) is 21.1. The summed E-state index contributed by atoms with van der Waals surface area (Å²) in [5.41, 5.74) is 2.90. The van der Waals surface area contributed by atoms with Gasteiger partial charge in [0.1, 0.15) is 0 Å². The maximum absolute atomic E-state index is 13.9. The monoisotopic (exact) mass is 472 g/mol. The molecule has 7 nitrogen and oxygen atoms in total. The molecule has 0 aliphatic carbocycles. The van der Waals surface area contributed by atoms with Crippen molar-refractivity contribution < 1.29 is 4.74 Å². The number of ether oxygens (including phenoxy) is 1. The summed E-state index contributed by atoms with van der Waals surface area (Å²) in [5.74, 6) is 0. The van der Waals surface area contributed by atoms with Crippen molar-refractivity contribution in [2.24, 2.45) is 0 Å². The molecule has 5 aromatic rings. The van der Waals surface area contributed by atoms with Crippen molar-refractivity contribution in [2.45, 2.75) is 39.0 Å². The molecule has 1 atom stereocenters. The number of rotatable bonds is 5. The van der Waals surface area contributed by atoms with Crippen LogP contribution in [0, 0.1) is 6.92 Å². The van der Waals surface area contributed by atoms with Gasteiger partial charge in [0.2, 0.25) is 5.13 Å². The molecule has 0 amide bonds. The molecular weight excluding hydrogens is 448 g/mol. The molecule has 3 aromatic heterocycles. The standard InChI is InChI=1S/C26H24N4O3S/c1-17-24-21(14-23(31)28(17)16-19-10-7-13-33-19)29(15-18-8-3-2-4-9-18)30(25(24)32)26-27-20-11-5-6-12-22(20)34-26/h2-6,8-9,11-12,14,19H,7,10,13,15-16H2,1H3/t19-/m0/s1. The van der Waals surface area contributed by atoms with Gasteiger partial charge in [-0.05, 0) is 37.5 Å². The van der Waals surface area contributed by atoms with Crippen molar-refractivity contribution in [3.05, 3.63) is 92.6 Å². The van der Waals surface area contributed by atoms with Gasteiger partial charge in [-0.25, -0.2) is 4.98 Å². The van der Waals surface area contributed by atoms with Gasteiger partial charge in [-0.3, -0.25) is 14.3 Å². The number of nitrogens with zero attached hydrogens (tertiary/aromatic N) is 4. The number of thiazole rings is 1. The molecule has 8 heteroatoms. The lowest BCUT2D eigenvalue weighted by Gasteiger charge is -2.15. The van der Waals surface area contributed by atoms with Gasteiger partial charge in [-0.1, -0.05) is 53.8 Å². The Morgan fingerprint density at radius 3 is 2.65 bits per heavy atom. The van der Waals surface area contributed by atoms with E-state index in [0.29, 0.717) is 34.8 Å². The van der Waals surface area contributed by atoms with E-state index in [4.69, 9.17) is 9.72 Å². The van der Waals surface area contributed by atoms with E-state index in [-0.39, 0.29) is 17.2 Å². The Balaban J connectivity index is 1.60. The third-order valence-electron chi connectivity index (χ3n) is 6.52. The summed E-state index contributed by atoms with van der Waals surface area (Å²) < 4.78 is 12.0. The molecule has 1 aliphatic rings. The second-order valence-corrected chi connectivity index (χ2v) is 9.71. The number of pyridine rings is 1. The first-order chi connectivity index (χ1) is 16.6. The number of fused-ring (bicyclic) bond motifs is 2. The molecule has 0 bridgehead atoms. The van der Waals surface area contributed by atoms with E-state index in [9.17, 15) is 9.59 Å². The van der Waals surface area contributed by atoms with Crippen LogP contribution >= 0.6 is 11.3 Å². The van der Waals surface area contributed by atoms with Gasteiger partial charge in [0.25, 0.3) is 11.1 Å². The summed E-state index contributed by atoms with van der Waals surface area (Å²) in [4.78, 5) is 31.9. The minimum atomic E-state index is -0.163. The Labute approximate surface area is 199 Å². The van der Waals surface area contributed by atoms with Gasteiger partial charge in [-0.2, -0.15) is 4.68 Å². The van der Waals surface area contributed by atoms with E-state index in [1.165, 1.54) is 11.3 Å². The number of para-hydroxylation sites is 1. The SMILES string of the molecule is Cc1c2c(=O)n(-c3nc4ccccc4s3)n(Cc3ccccc3)c2cc(=O)n1C[C@@H]1CCCO1. The lowest BCUT2D eigenvalue weighted by atomic mass is 10.2. The summed E-state index contributed by atoms with van der Waals surface area (Å²) in [5, 5.41) is 1.14. The van der Waals surface area contributed by atoms with Crippen LogP contribution in [0.2, 0.25) is 0 Å². The normalized spacial score (nSPS) is 16.1. The van der Waals surface area contributed by atoms with Crippen molar-refractivity contribution in [1.82, 2.24) is 18.9 Å². The van der Waals surface area contributed by atoms with E-state index in [1.807, 2.05) is 66.2 Å². The van der Waals surface area contributed by atoms with Crippen LogP contribution in [0.25, 0.3) is 26.3 Å². The van der Waals surface area contributed by atoms with Crippen LogP contribution in [-0.4, -0.2) is 31.6 Å². The maximum atomic E-state index is 13.9. The third-order valence-corrected chi connectivity index (χ3v) is 7.54. The molecule has 0 spiro atoms. The van der Waals surface area contributed by atoms with Gasteiger partial charge in [0, 0.05) is 18.4 Å². The predicted molar refractivity (Wildman–Crippen MR) is 134 cm³/mol. The molecule has 1 aliphatic heterocycles. The van der Waals surface area contributed by atoms with Crippen LogP contribution in [0.15, 0.2) is 70.3 Å². The fourth-order valence-corrected chi connectivity index (χ4v) is 5.79. The number of hydrogen-bond acceptors (Lipinski definition) is 5. The highest BCUT2D eigenvalue weighted by molar-refractivity contribution is 7.20. The summed E-state index contributed by atoms with van der Waals surface area (Å²) in [6.07, 6.45) is 1.93. The molecule has 0 unspecified atom stereocenters. The molecule has 34 heavy (non-hydrogen) atoms.